The number of nitrogens with zero attached hydrogens (tertiary/aromatic N) is 3. The Kier molecular flexibility index (Phi) is 5.73. The van der Waals surface area contributed by atoms with Crippen molar-refractivity contribution in [3.05, 3.63) is 66.4 Å². The van der Waals surface area contributed by atoms with Crippen molar-refractivity contribution in [1.29, 1.82) is 0 Å². The van der Waals surface area contributed by atoms with Gasteiger partial charge in [0.15, 0.2) is 5.82 Å². The van der Waals surface area contributed by atoms with Crippen molar-refractivity contribution < 1.29 is 9.59 Å². The number of rotatable bonds is 6. The highest BCUT2D eigenvalue weighted by Crippen LogP contribution is 2.26. The van der Waals surface area contributed by atoms with Gasteiger partial charge >= 0.3 is 0 Å². The lowest BCUT2D eigenvalue weighted by Crippen LogP contribution is -2.22. The van der Waals surface area contributed by atoms with Crippen LogP contribution in [0.4, 0.5) is 17.3 Å². The fourth-order valence-electron chi connectivity index (χ4n) is 2.69. The zero-order valence-electron chi connectivity index (χ0n) is 16.5. The van der Waals surface area contributed by atoms with Gasteiger partial charge in [0.05, 0.1) is 5.69 Å². The first kappa shape index (κ1) is 19.8. The first-order chi connectivity index (χ1) is 13.9. The maximum absolute atomic E-state index is 12.6. The predicted octanol–water partition coefficient (Wildman–Crippen LogP) is 3.35. The van der Waals surface area contributed by atoms with Crippen LogP contribution >= 0.6 is 0 Å². The Hall–Kier alpha value is -3.94. The molecule has 29 heavy (non-hydrogen) atoms. The van der Waals surface area contributed by atoms with Crippen molar-refractivity contribution in [1.82, 2.24) is 20.1 Å². The molecule has 3 aromatic rings. The van der Waals surface area contributed by atoms with E-state index in [1.54, 1.807) is 44.4 Å². The summed E-state index contributed by atoms with van der Waals surface area (Å²) in [6.07, 6.45) is 1.20. The summed E-state index contributed by atoms with van der Waals surface area (Å²) in [5.41, 5.74) is 3.33. The van der Waals surface area contributed by atoms with E-state index < -0.39 is 0 Å². The highest BCUT2D eigenvalue weighted by atomic mass is 16.2. The summed E-state index contributed by atoms with van der Waals surface area (Å²) in [4.78, 5) is 30.3. The number of hydrogen-bond acceptors (Lipinski definition) is 5. The first-order valence-corrected chi connectivity index (χ1v) is 8.92. The third kappa shape index (κ3) is 4.86. The molecule has 0 unspecified atom stereocenters. The highest BCUT2D eigenvalue weighted by Gasteiger charge is 2.14. The minimum atomic E-state index is -0.303. The predicted molar refractivity (Wildman–Crippen MR) is 113 cm³/mol. The fraction of sp³-hybridized carbons (Fsp3) is 0.143. The van der Waals surface area contributed by atoms with Crippen LogP contribution in [0.1, 0.15) is 16.1 Å². The van der Waals surface area contributed by atoms with Crippen LogP contribution in [0, 0.1) is 6.92 Å². The molecule has 0 aliphatic rings. The lowest BCUT2D eigenvalue weighted by molar-refractivity contribution is -0.111. The Labute approximate surface area is 168 Å². The van der Waals surface area contributed by atoms with Gasteiger partial charge in [0.1, 0.15) is 5.82 Å². The van der Waals surface area contributed by atoms with Crippen LogP contribution in [0.3, 0.4) is 0 Å². The number of anilines is 3. The number of amides is 2. The summed E-state index contributed by atoms with van der Waals surface area (Å²) < 4.78 is 0. The molecule has 8 heteroatoms. The van der Waals surface area contributed by atoms with Crippen molar-refractivity contribution >= 4 is 29.1 Å². The van der Waals surface area contributed by atoms with Crippen LogP contribution in [-0.4, -0.2) is 46.0 Å². The largest absolute Gasteiger partial charge is 0.345 e. The number of aromatic amines is 1. The lowest BCUT2D eigenvalue weighted by Gasteiger charge is -2.14. The van der Waals surface area contributed by atoms with Crippen molar-refractivity contribution in [3.63, 3.8) is 0 Å². The highest BCUT2D eigenvalue weighted by molar-refractivity contribution is 5.99. The second-order valence-electron chi connectivity index (χ2n) is 6.66. The monoisotopic (exact) mass is 390 g/mol. The van der Waals surface area contributed by atoms with Crippen LogP contribution < -0.4 is 10.6 Å². The average Bonchev–Trinajstić information content (AvgIpc) is 3.11. The third-order valence-electron chi connectivity index (χ3n) is 4.05. The van der Waals surface area contributed by atoms with E-state index in [4.69, 9.17) is 0 Å². The van der Waals surface area contributed by atoms with Gasteiger partial charge in [-0.1, -0.05) is 18.7 Å². The van der Waals surface area contributed by atoms with Crippen LogP contribution in [0.15, 0.2) is 55.1 Å². The Bertz CT molecular complexity index is 1070. The van der Waals surface area contributed by atoms with Crippen LogP contribution in [0.5, 0.6) is 0 Å². The van der Waals surface area contributed by atoms with Gasteiger partial charge in [-0.15, -0.1) is 0 Å². The van der Waals surface area contributed by atoms with E-state index >= 15 is 0 Å². The molecule has 0 aliphatic heterocycles. The number of pyridine rings is 1. The van der Waals surface area contributed by atoms with Gasteiger partial charge in [0.25, 0.3) is 5.91 Å². The normalized spacial score (nSPS) is 10.3. The number of nitrogens with one attached hydrogen (secondary N) is 3. The maximum atomic E-state index is 12.6. The topological polar surface area (TPSA) is 103 Å². The van der Waals surface area contributed by atoms with E-state index in [2.05, 4.69) is 32.4 Å². The number of carbonyl (C=O) groups is 2. The molecule has 1 aromatic carbocycles. The lowest BCUT2D eigenvalue weighted by atomic mass is 10.1. The Balaban J connectivity index is 2.02. The van der Waals surface area contributed by atoms with Crippen molar-refractivity contribution in [2.45, 2.75) is 6.92 Å². The third-order valence-corrected chi connectivity index (χ3v) is 4.05. The molecule has 0 bridgehead atoms. The quantitative estimate of drug-likeness (QED) is 0.560. The van der Waals surface area contributed by atoms with Crippen molar-refractivity contribution in [3.8, 4) is 11.3 Å². The van der Waals surface area contributed by atoms with E-state index in [0.717, 1.165) is 11.3 Å². The number of aryl methyl sites for hydroxylation is 1. The summed E-state index contributed by atoms with van der Waals surface area (Å²) in [5.74, 6) is 0.635. The summed E-state index contributed by atoms with van der Waals surface area (Å²) in [6, 6.07) is 12.5. The molecule has 0 radical (unpaired) electrons. The van der Waals surface area contributed by atoms with Gasteiger partial charge in [-0.3, -0.25) is 14.7 Å². The van der Waals surface area contributed by atoms with Gasteiger partial charge in [-0.05, 0) is 37.3 Å². The molecule has 3 N–H and O–H groups in total. The Morgan fingerprint density at radius 1 is 1.14 bits per heavy atom. The van der Waals surface area contributed by atoms with E-state index in [0.29, 0.717) is 28.6 Å². The van der Waals surface area contributed by atoms with Crippen LogP contribution in [0.2, 0.25) is 0 Å². The SMILES string of the molecule is C=CC(=O)Nc1cccc(-c2cc(C(=O)N(C)C)cc(Nc3cc(C)[nH]n3)n2)c1. The molecular formula is C21H22N6O2. The van der Waals surface area contributed by atoms with E-state index in [1.165, 1.54) is 11.0 Å². The molecule has 2 heterocycles. The zero-order chi connectivity index (χ0) is 21.0. The second kappa shape index (κ2) is 8.39. The van der Waals surface area contributed by atoms with Crippen LogP contribution in [-0.2, 0) is 4.79 Å². The van der Waals surface area contributed by atoms with E-state index in [1.807, 2.05) is 19.1 Å². The molecule has 0 saturated heterocycles. The molecule has 3 rings (SSSR count). The molecule has 0 saturated carbocycles. The van der Waals surface area contributed by atoms with Gasteiger partial charge in [0.2, 0.25) is 5.91 Å². The van der Waals surface area contributed by atoms with Gasteiger partial charge < -0.3 is 15.5 Å². The molecule has 2 amide bonds. The first-order valence-electron chi connectivity index (χ1n) is 8.92. The summed E-state index contributed by atoms with van der Waals surface area (Å²) in [6.45, 7) is 5.35. The van der Waals surface area contributed by atoms with Gasteiger partial charge in [-0.25, -0.2) is 4.98 Å². The van der Waals surface area contributed by atoms with Gasteiger partial charge in [0, 0.05) is 42.7 Å². The summed E-state index contributed by atoms with van der Waals surface area (Å²) in [7, 11) is 3.39. The molecular weight excluding hydrogens is 368 g/mol. The van der Waals surface area contributed by atoms with Crippen molar-refractivity contribution in [2.24, 2.45) is 0 Å². The fourth-order valence-corrected chi connectivity index (χ4v) is 2.69. The molecule has 0 fully saturated rings. The second-order valence-corrected chi connectivity index (χ2v) is 6.66. The molecule has 8 nitrogen and oxygen atoms in total. The minimum absolute atomic E-state index is 0.147. The zero-order valence-corrected chi connectivity index (χ0v) is 16.5. The molecule has 0 aliphatic carbocycles. The van der Waals surface area contributed by atoms with E-state index in [9.17, 15) is 9.59 Å². The molecule has 0 spiro atoms. The van der Waals surface area contributed by atoms with Crippen LogP contribution in [0.25, 0.3) is 11.3 Å². The molecule has 2 aromatic heterocycles. The number of H-pyrrole nitrogens is 1. The average molecular weight is 390 g/mol. The van der Waals surface area contributed by atoms with Gasteiger partial charge in [-0.2, -0.15) is 5.10 Å². The van der Waals surface area contributed by atoms with E-state index in [-0.39, 0.29) is 11.8 Å². The summed E-state index contributed by atoms with van der Waals surface area (Å²) >= 11 is 0. The Morgan fingerprint density at radius 3 is 2.59 bits per heavy atom. The summed E-state index contributed by atoms with van der Waals surface area (Å²) in [5, 5.41) is 12.9. The molecule has 148 valence electrons. The van der Waals surface area contributed by atoms with Crippen molar-refractivity contribution in [2.75, 3.05) is 24.7 Å². The minimum Gasteiger partial charge on any atom is -0.345 e. The number of hydrogen-bond donors (Lipinski definition) is 3. The number of benzene rings is 1. The number of carbonyl (C=O) groups excluding carboxylic acids is 2. The molecule has 0 atom stereocenters. The smallest absolute Gasteiger partial charge is 0.253 e. The maximum Gasteiger partial charge on any atom is 0.253 e. The number of aromatic nitrogens is 3. The Morgan fingerprint density at radius 2 is 1.93 bits per heavy atom. The standard InChI is InChI=1S/C21H22N6O2/c1-5-20(28)22-16-8-6-7-14(10-16)17-11-15(21(29)27(3)4)12-18(23-17)24-19-9-13(2)25-26-19/h5-12H,1H2,2-4H3,(H,22,28)(H2,23,24,25,26).